The smallest absolute Gasteiger partial charge is 0.118 e. The van der Waals surface area contributed by atoms with E-state index in [1.807, 2.05) is 12.1 Å². The molecule has 0 aromatic heterocycles. The van der Waals surface area contributed by atoms with Crippen LogP contribution >= 0.6 is 0 Å². The molecule has 0 unspecified atom stereocenters. The first-order valence-corrected chi connectivity index (χ1v) is 6.57. The lowest BCUT2D eigenvalue weighted by molar-refractivity contribution is -0.00341. The van der Waals surface area contributed by atoms with Gasteiger partial charge < -0.3 is 9.84 Å². The molecule has 1 aliphatic carbocycles. The number of methoxy groups -OCH3 is 1. The first-order chi connectivity index (χ1) is 8.22. The van der Waals surface area contributed by atoms with Gasteiger partial charge in [-0.1, -0.05) is 31.4 Å². The first-order valence-electron chi connectivity index (χ1n) is 6.57. The van der Waals surface area contributed by atoms with Gasteiger partial charge in [-0.05, 0) is 43.4 Å². The Bertz CT molecular complexity index is 336. The second-order valence-corrected chi connectivity index (χ2v) is 5.13. The average molecular weight is 234 g/mol. The van der Waals surface area contributed by atoms with Crippen LogP contribution in [-0.2, 0) is 6.42 Å². The van der Waals surface area contributed by atoms with Crippen LogP contribution in [0, 0.1) is 0 Å². The molecule has 0 saturated heterocycles. The van der Waals surface area contributed by atoms with Gasteiger partial charge in [0.05, 0.1) is 12.7 Å². The molecule has 0 spiro atoms. The van der Waals surface area contributed by atoms with Gasteiger partial charge in [-0.15, -0.1) is 0 Å². The van der Waals surface area contributed by atoms with E-state index in [1.165, 1.54) is 24.8 Å². The van der Waals surface area contributed by atoms with Crippen LogP contribution in [-0.4, -0.2) is 17.8 Å². The van der Waals surface area contributed by atoms with Gasteiger partial charge in [-0.25, -0.2) is 0 Å². The summed E-state index contributed by atoms with van der Waals surface area (Å²) in [6.07, 6.45) is 7.44. The fraction of sp³-hybridized carbons (Fsp3) is 0.600. The van der Waals surface area contributed by atoms with Gasteiger partial charge in [0.1, 0.15) is 5.75 Å². The normalized spacial score (nSPS) is 18.9. The Morgan fingerprint density at radius 2 is 1.76 bits per heavy atom. The fourth-order valence-electron chi connectivity index (χ4n) is 2.63. The van der Waals surface area contributed by atoms with Crippen molar-refractivity contribution >= 4 is 0 Å². The molecule has 0 bridgehead atoms. The largest absolute Gasteiger partial charge is 0.497 e. The van der Waals surface area contributed by atoms with Gasteiger partial charge in [0.25, 0.3) is 0 Å². The number of aryl methyl sites for hydroxylation is 1. The Hall–Kier alpha value is -1.02. The predicted octanol–water partition coefficient (Wildman–Crippen LogP) is 3.32. The number of aliphatic hydroxyl groups is 1. The van der Waals surface area contributed by atoms with Crippen molar-refractivity contribution in [2.24, 2.45) is 0 Å². The van der Waals surface area contributed by atoms with Gasteiger partial charge in [0, 0.05) is 0 Å². The molecule has 1 N–H and O–H groups in total. The zero-order valence-electron chi connectivity index (χ0n) is 10.6. The predicted molar refractivity (Wildman–Crippen MR) is 69.3 cm³/mol. The summed E-state index contributed by atoms with van der Waals surface area (Å²) in [5, 5.41) is 10.4. The number of rotatable bonds is 4. The molecule has 0 radical (unpaired) electrons. The standard InChI is InChI=1S/C15H22O2/c1-17-14-7-5-13(6-8-14)9-12-15(16)10-3-2-4-11-15/h5-8,16H,2-4,9-12H2,1H3. The van der Waals surface area contributed by atoms with Gasteiger partial charge >= 0.3 is 0 Å². The highest BCUT2D eigenvalue weighted by molar-refractivity contribution is 5.27. The van der Waals surface area contributed by atoms with Crippen molar-refractivity contribution in [2.45, 2.75) is 50.5 Å². The van der Waals surface area contributed by atoms with Gasteiger partial charge in [0.2, 0.25) is 0 Å². The molecule has 0 atom stereocenters. The van der Waals surface area contributed by atoms with E-state index in [4.69, 9.17) is 4.74 Å². The molecular weight excluding hydrogens is 212 g/mol. The molecule has 1 fully saturated rings. The Morgan fingerprint density at radius 3 is 2.35 bits per heavy atom. The van der Waals surface area contributed by atoms with Gasteiger partial charge in [0.15, 0.2) is 0 Å². The number of ether oxygens (including phenoxy) is 1. The minimum Gasteiger partial charge on any atom is -0.497 e. The average Bonchev–Trinajstić information content (AvgIpc) is 2.38. The molecule has 2 rings (SSSR count). The second-order valence-electron chi connectivity index (χ2n) is 5.13. The minimum absolute atomic E-state index is 0.405. The van der Waals surface area contributed by atoms with Crippen LogP contribution in [0.5, 0.6) is 5.75 Å². The highest BCUT2D eigenvalue weighted by Gasteiger charge is 2.28. The lowest BCUT2D eigenvalue weighted by Gasteiger charge is -2.32. The summed E-state index contributed by atoms with van der Waals surface area (Å²) in [5.41, 5.74) is 0.878. The molecule has 2 nitrogen and oxygen atoms in total. The van der Waals surface area contributed by atoms with Crippen LogP contribution in [0.4, 0.5) is 0 Å². The maximum absolute atomic E-state index is 10.4. The SMILES string of the molecule is COc1ccc(CCC2(O)CCCCC2)cc1. The van der Waals surface area contributed by atoms with E-state index in [9.17, 15) is 5.11 Å². The van der Waals surface area contributed by atoms with Crippen molar-refractivity contribution in [2.75, 3.05) is 7.11 Å². The van der Waals surface area contributed by atoms with E-state index in [0.29, 0.717) is 0 Å². The van der Waals surface area contributed by atoms with Crippen molar-refractivity contribution in [3.8, 4) is 5.75 Å². The van der Waals surface area contributed by atoms with Crippen molar-refractivity contribution in [1.29, 1.82) is 0 Å². The van der Waals surface area contributed by atoms with Crippen LogP contribution in [0.3, 0.4) is 0 Å². The molecule has 0 heterocycles. The third kappa shape index (κ3) is 3.47. The summed E-state index contributed by atoms with van der Waals surface area (Å²) in [5.74, 6) is 0.894. The molecule has 17 heavy (non-hydrogen) atoms. The maximum atomic E-state index is 10.4. The molecule has 2 heteroatoms. The summed E-state index contributed by atoms with van der Waals surface area (Å²) >= 11 is 0. The van der Waals surface area contributed by atoms with Gasteiger partial charge in [-0.3, -0.25) is 0 Å². The number of hydrogen-bond donors (Lipinski definition) is 1. The lowest BCUT2D eigenvalue weighted by Crippen LogP contribution is -2.31. The van der Waals surface area contributed by atoms with E-state index >= 15 is 0 Å². The minimum atomic E-state index is -0.405. The molecule has 1 aromatic rings. The zero-order chi connectivity index (χ0) is 12.1. The molecule has 94 valence electrons. The summed E-state index contributed by atoms with van der Waals surface area (Å²) in [7, 11) is 1.68. The topological polar surface area (TPSA) is 29.5 Å². The lowest BCUT2D eigenvalue weighted by atomic mass is 9.81. The van der Waals surface area contributed by atoms with E-state index < -0.39 is 5.60 Å². The summed E-state index contributed by atoms with van der Waals surface area (Å²) < 4.78 is 5.13. The Labute approximate surface area is 104 Å². The van der Waals surface area contributed by atoms with Crippen LogP contribution in [0.1, 0.15) is 44.1 Å². The van der Waals surface area contributed by atoms with E-state index in [-0.39, 0.29) is 0 Å². The maximum Gasteiger partial charge on any atom is 0.118 e. The van der Waals surface area contributed by atoms with Crippen LogP contribution < -0.4 is 4.74 Å². The molecule has 1 aliphatic rings. The van der Waals surface area contributed by atoms with Gasteiger partial charge in [-0.2, -0.15) is 0 Å². The van der Waals surface area contributed by atoms with Crippen LogP contribution in [0.2, 0.25) is 0 Å². The molecule has 0 aliphatic heterocycles. The Balaban J connectivity index is 1.87. The van der Waals surface area contributed by atoms with Crippen LogP contribution in [0.15, 0.2) is 24.3 Å². The third-order valence-electron chi connectivity index (χ3n) is 3.82. The van der Waals surface area contributed by atoms with Crippen molar-refractivity contribution in [1.82, 2.24) is 0 Å². The third-order valence-corrected chi connectivity index (χ3v) is 3.82. The fourth-order valence-corrected chi connectivity index (χ4v) is 2.63. The number of hydrogen-bond acceptors (Lipinski definition) is 2. The van der Waals surface area contributed by atoms with Crippen molar-refractivity contribution in [3.63, 3.8) is 0 Å². The molecule has 1 saturated carbocycles. The Kier molecular flexibility index (Phi) is 4.06. The van der Waals surface area contributed by atoms with Crippen molar-refractivity contribution in [3.05, 3.63) is 29.8 Å². The highest BCUT2D eigenvalue weighted by atomic mass is 16.5. The molecular formula is C15H22O2. The second kappa shape index (κ2) is 5.54. The van der Waals surface area contributed by atoms with Crippen LogP contribution in [0.25, 0.3) is 0 Å². The summed E-state index contributed by atoms with van der Waals surface area (Å²) in [6, 6.07) is 8.15. The van der Waals surface area contributed by atoms with E-state index in [2.05, 4.69) is 12.1 Å². The highest BCUT2D eigenvalue weighted by Crippen LogP contribution is 2.31. The summed E-state index contributed by atoms with van der Waals surface area (Å²) in [4.78, 5) is 0. The number of benzene rings is 1. The summed E-state index contributed by atoms with van der Waals surface area (Å²) in [6.45, 7) is 0. The first kappa shape index (κ1) is 12.4. The quantitative estimate of drug-likeness (QED) is 0.866. The molecule has 0 amide bonds. The van der Waals surface area contributed by atoms with Crippen molar-refractivity contribution < 1.29 is 9.84 Å². The zero-order valence-corrected chi connectivity index (χ0v) is 10.6. The van der Waals surface area contributed by atoms with E-state index in [0.717, 1.165) is 31.4 Å². The Morgan fingerprint density at radius 1 is 1.12 bits per heavy atom. The molecule has 1 aromatic carbocycles. The monoisotopic (exact) mass is 234 g/mol. The van der Waals surface area contributed by atoms with E-state index in [1.54, 1.807) is 7.11 Å².